The molecule has 120 valence electrons. The molecular formula is C16H25N5O. The van der Waals surface area contributed by atoms with Crippen molar-refractivity contribution in [3.63, 3.8) is 0 Å². The summed E-state index contributed by atoms with van der Waals surface area (Å²) in [5.74, 6) is 2.11. The van der Waals surface area contributed by atoms with E-state index in [0.29, 0.717) is 6.42 Å². The minimum Gasteiger partial charge on any atom is -0.353 e. The molecule has 3 rings (SSSR count). The molecule has 2 aliphatic rings. The van der Waals surface area contributed by atoms with Crippen molar-refractivity contribution in [1.82, 2.24) is 14.9 Å². The summed E-state index contributed by atoms with van der Waals surface area (Å²) in [7, 11) is 0. The Kier molecular flexibility index (Phi) is 4.45. The maximum Gasteiger partial charge on any atom is 0.227 e. The van der Waals surface area contributed by atoms with Crippen LogP contribution in [0, 0.1) is 6.92 Å². The Balaban J connectivity index is 1.71. The molecule has 0 radical (unpaired) electrons. The Labute approximate surface area is 132 Å². The molecule has 1 aromatic heterocycles. The lowest BCUT2D eigenvalue weighted by Crippen LogP contribution is -2.49. The predicted molar refractivity (Wildman–Crippen MR) is 87.3 cm³/mol. The summed E-state index contributed by atoms with van der Waals surface area (Å²) in [6.45, 7) is 9.34. The molecule has 2 aliphatic heterocycles. The van der Waals surface area contributed by atoms with Gasteiger partial charge >= 0.3 is 0 Å². The van der Waals surface area contributed by atoms with Crippen molar-refractivity contribution < 1.29 is 4.79 Å². The molecule has 6 nitrogen and oxygen atoms in total. The lowest BCUT2D eigenvalue weighted by Gasteiger charge is -2.35. The summed E-state index contributed by atoms with van der Waals surface area (Å²) in [5.41, 5.74) is 1.01. The van der Waals surface area contributed by atoms with Gasteiger partial charge in [0.1, 0.15) is 5.82 Å². The molecule has 0 bridgehead atoms. The van der Waals surface area contributed by atoms with Crippen LogP contribution in [0.2, 0.25) is 0 Å². The number of nitrogens with zero attached hydrogens (tertiary/aromatic N) is 5. The van der Waals surface area contributed by atoms with Gasteiger partial charge in [-0.3, -0.25) is 4.79 Å². The van der Waals surface area contributed by atoms with E-state index in [0.717, 1.165) is 56.7 Å². The van der Waals surface area contributed by atoms with E-state index in [4.69, 9.17) is 4.98 Å². The molecule has 0 saturated carbocycles. The van der Waals surface area contributed by atoms with E-state index in [1.54, 1.807) is 0 Å². The van der Waals surface area contributed by atoms with Gasteiger partial charge in [-0.15, -0.1) is 0 Å². The van der Waals surface area contributed by atoms with Gasteiger partial charge in [-0.25, -0.2) is 4.98 Å². The van der Waals surface area contributed by atoms with Crippen molar-refractivity contribution in [3.05, 3.63) is 11.8 Å². The lowest BCUT2D eigenvalue weighted by molar-refractivity contribution is -0.131. The number of hydrogen-bond donors (Lipinski definition) is 0. The van der Waals surface area contributed by atoms with Crippen LogP contribution in [0.4, 0.5) is 11.8 Å². The maximum atomic E-state index is 11.8. The first-order valence-electron chi connectivity index (χ1n) is 8.30. The fourth-order valence-electron chi connectivity index (χ4n) is 3.17. The highest BCUT2D eigenvalue weighted by Gasteiger charge is 2.22. The SMILES string of the molecule is CCC(=O)N1CCN(c2cc(C)nc(N3CCCC3)n2)CC1. The van der Waals surface area contributed by atoms with E-state index in [1.807, 2.05) is 18.7 Å². The van der Waals surface area contributed by atoms with Crippen LogP contribution in [0.5, 0.6) is 0 Å². The highest BCUT2D eigenvalue weighted by Crippen LogP contribution is 2.21. The molecule has 1 amide bonds. The second-order valence-corrected chi connectivity index (χ2v) is 6.08. The highest BCUT2D eigenvalue weighted by atomic mass is 16.2. The lowest BCUT2D eigenvalue weighted by atomic mass is 10.2. The number of carbonyl (C=O) groups excluding carboxylic acids is 1. The van der Waals surface area contributed by atoms with E-state index in [1.165, 1.54) is 12.8 Å². The number of aryl methyl sites for hydroxylation is 1. The van der Waals surface area contributed by atoms with Crippen molar-refractivity contribution in [2.45, 2.75) is 33.1 Å². The smallest absolute Gasteiger partial charge is 0.227 e. The largest absolute Gasteiger partial charge is 0.353 e. The van der Waals surface area contributed by atoms with E-state index in [-0.39, 0.29) is 5.91 Å². The summed E-state index contributed by atoms with van der Waals surface area (Å²) >= 11 is 0. The molecule has 0 aliphatic carbocycles. The molecule has 1 aromatic rings. The normalized spacial score (nSPS) is 18.9. The zero-order chi connectivity index (χ0) is 15.5. The van der Waals surface area contributed by atoms with Gasteiger partial charge in [-0.05, 0) is 19.8 Å². The minimum absolute atomic E-state index is 0.247. The van der Waals surface area contributed by atoms with Gasteiger partial charge in [0, 0.05) is 57.4 Å². The molecule has 6 heteroatoms. The monoisotopic (exact) mass is 303 g/mol. The second-order valence-electron chi connectivity index (χ2n) is 6.08. The van der Waals surface area contributed by atoms with Gasteiger partial charge in [0.2, 0.25) is 11.9 Å². The summed E-state index contributed by atoms with van der Waals surface area (Å²) in [6, 6.07) is 2.05. The molecular weight excluding hydrogens is 278 g/mol. The van der Waals surface area contributed by atoms with E-state index < -0.39 is 0 Å². The van der Waals surface area contributed by atoms with Crippen LogP contribution >= 0.6 is 0 Å². The van der Waals surface area contributed by atoms with E-state index >= 15 is 0 Å². The Morgan fingerprint density at radius 2 is 1.73 bits per heavy atom. The number of anilines is 2. The molecule has 0 spiro atoms. The van der Waals surface area contributed by atoms with Gasteiger partial charge in [-0.2, -0.15) is 4.98 Å². The number of hydrogen-bond acceptors (Lipinski definition) is 5. The zero-order valence-corrected chi connectivity index (χ0v) is 13.6. The van der Waals surface area contributed by atoms with Crippen molar-refractivity contribution in [3.8, 4) is 0 Å². The maximum absolute atomic E-state index is 11.8. The average Bonchev–Trinajstić information content (AvgIpc) is 3.08. The first kappa shape index (κ1) is 15.1. The van der Waals surface area contributed by atoms with Gasteiger partial charge in [-0.1, -0.05) is 6.92 Å². The van der Waals surface area contributed by atoms with Crippen LogP contribution < -0.4 is 9.80 Å². The third kappa shape index (κ3) is 3.15. The fourth-order valence-corrected chi connectivity index (χ4v) is 3.17. The topological polar surface area (TPSA) is 52.6 Å². The number of rotatable bonds is 3. The van der Waals surface area contributed by atoms with Crippen LogP contribution in [0.15, 0.2) is 6.07 Å². The summed E-state index contributed by atoms with van der Waals surface area (Å²) in [5, 5.41) is 0. The Morgan fingerprint density at radius 3 is 2.36 bits per heavy atom. The second kappa shape index (κ2) is 6.50. The van der Waals surface area contributed by atoms with Gasteiger partial charge in [0.05, 0.1) is 0 Å². The molecule has 0 aromatic carbocycles. The standard InChI is InChI=1S/C16H25N5O/c1-3-15(22)20-10-8-19(9-11-20)14-12-13(2)17-16(18-14)21-6-4-5-7-21/h12H,3-11H2,1-2H3. The van der Waals surface area contributed by atoms with Crippen molar-refractivity contribution >= 4 is 17.7 Å². The Morgan fingerprint density at radius 1 is 1.05 bits per heavy atom. The summed E-state index contributed by atoms with van der Waals surface area (Å²) in [4.78, 5) is 27.6. The van der Waals surface area contributed by atoms with Gasteiger partial charge in [0.15, 0.2) is 0 Å². The molecule has 22 heavy (non-hydrogen) atoms. The van der Waals surface area contributed by atoms with Crippen LogP contribution in [-0.2, 0) is 4.79 Å². The number of piperazine rings is 1. The average molecular weight is 303 g/mol. The minimum atomic E-state index is 0.247. The van der Waals surface area contributed by atoms with Crippen molar-refractivity contribution in [2.24, 2.45) is 0 Å². The molecule has 3 heterocycles. The quantitative estimate of drug-likeness (QED) is 0.846. The van der Waals surface area contributed by atoms with Crippen LogP contribution in [0.25, 0.3) is 0 Å². The first-order chi connectivity index (χ1) is 10.7. The third-order valence-corrected chi connectivity index (χ3v) is 4.48. The summed E-state index contributed by atoms with van der Waals surface area (Å²) in [6.07, 6.45) is 3.04. The Bertz CT molecular complexity index is 533. The first-order valence-corrected chi connectivity index (χ1v) is 8.30. The van der Waals surface area contributed by atoms with E-state index in [2.05, 4.69) is 20.9 Å². The van der Waals surface area contributed by atoms with Crippen molar-refractivity contribution in [1.29, 1.82) is 0 Å². The van der Waals surface area contributed by atoms with Crippen LogP contribution in [-0.4, -0.2) is 60.0 Å². The molecule has 0 unspecified atom stereocenters. The van der Waals surface area contributed by atoms with Crippen molar-refractivity contribution in [2.75, 3.05) is 49.1 Å². The Hall–Kier alpha value is -1.85. The molecule has 2 saturated heterocycles. The fraction of sp³-hybridized carbons (Fsp3) is 0.688. The molecule has 0 atom stereocenters. The third-order valence-electron chi connectivity index (χ3n) is 4.48. The number of amides is 1. The zero-order valence-electron chi connectivity index (χ0n) is 13.6. The predicted octanol–water partition coefficient (Wildman–Crippen LogP) is 1.44. The summed E-state index contributed by atoms with van der Waals surface area (Å²) < 4.78 is 0. The van der Waals surface area contributed by atoms with Crippen LogP contribution in [0.1, 0.15) is 31.9 Å². The molecule has 2 fully saturated rings. The molecule has 0 N–H and O–H groups in total. The van der Waals surface area contributed by atoms with Crippen LogP contribution in [0.3, 0.4) is 0 Å². The number of aromatic nitrogens is 2. The van der Waals surface area contributed by atoms with E-state index in [9.17, 15) is 4.79 Å². The van der Waals surface area contributed by atoms with Gasteiger partial charge in [0.25, 0.3) is 0 Å². The van der Waals surface area contributed by atoms with Gasteiger partial charge < -0.3 is 14.7 Å². The number of carbonyl (C=O) groups is 1. The highest BCUT2D eigenvalue weighted by molar-refractivity contribution is 5.76.